The molecule has 0 saturated carbocycles. The van der Waals surface area contributed by atoms with Gasteiger partial charge in [-0.15, -0.1) is 0 Å². The molecule has 3 rings (SSSR count). The molecule has 1 aliphatic heterocycles. The summed E-state index contributed by atoms with van der Waals surface area (Å²) in [5.41, 5.74) is 2.18. The fourth-order valence-corrected chi connectivity index (χ4v) is 3.56. The van der Waals surface area contributed by atoms with E-state index in [1.807, 2.05) is 24.5 Å². The molecule has 24 heavy (non-hydrogen) atoms. The summed E-state index contributed by atoms with van der Waals surface area (Å²) in [5.74, 6) is 1.28. The Bertz CT molecular complexity index is 660. The van der Waals surface area contributed by atoms with Crippen molar-refractivity contribution in [1.82, 2.24) is 20.2 Å². The third-order valence-corrected chi connectivity index (χ3v) is 5.07. The first-order chi connectivity index (χ1) is 11.7. The van der Waals surface area contributed by atoms with Gasteiger partial charge >= 0.3 is 0 Å². The van der Waals surface area contributed by atoms with Crippen LogP contribution in [0.15, 0.2) is 30.6 Å². The van der Waals surface area contributed by atoms with Gasteiger partial charge in [0.1, 0.15) is 0 Å². The summed E-state index contributed by atoms with van der Waals surface area (Å²) in [6.07, 6.45) is 5.92. The summed E-state index contributed by atoms with van der Waals surface area (Å²) < 4.78 is 2.15. The fourth-order valence-electron chi connectivity index (χ4n) is 3.56. The quantitative estimate of drug-likeness (QED) is 0.768. The number of imidazole rings is 1. The van der Waals surface area contributed by atoms with Crippen LogP contribution < -0.4 is 10.6 Å². The minimum absolute atomic E-state index is 0.184. The number of aromatic nitrogens is 2. The zero-order valence-electron chi connectivity index (χ0n) is 14.5. The van der Waals surface area contributed by atoms with Gasteiger partial charge in [-0.05, 0) is 56.3 Å². The molecule has 0 radical (unpaired) electrons. The summed E-state index contributed by atoms with van der Waals surface area (Å²) in [6.45, 7) is 5.99. The highest BCUT2D eigenvalue weighted by Crippen LogP contribution is 2.22. The van der Waals surface area contributed by atoms with Crippen molar-refractivity contribution in [2.24, 2.45) is 11.8 Å². The Balaban J connectivity index is 1.37. The molecule has 1 saturated heterocycles. The highest BCUT2D eigenvalue weighted by Gasteiger charge is 2.21. The maximum absolute atomic E-state index is 12.1. The van der Waals surface area contributed by atoms with Crippen molar-refractivity contribution in [2.45, 2.75) is 39.2 Å². The normalized spacial score (nSPS) is 19.3. The predicted molar refractivity (Wildman–Crippen MR) is 96.7 cm³/mol. The second-order valence-corrected chi connectivity index (χ2v) is 6.92. The highest BCUT2D eigenvalue weighted by molar-refractivity contribution is 5.76. The van der Waals surface area contributed by atoms with Crippen molar-refractivity contribution in [3.05, 3.63) is 30.6 Å². The number of aryl methyl sites for hydroxylation is 1. The Hall–Kier alpha value is -1.88. The van der Waals surface area contributed by atoms with E-state index in [2.05, 4.69) is 33.2 Å². The molecule has 2 aromatic rings. The van der Waals surface area contributed by atoms with Crippen LogP contribution in [-0.2, 0) is 11.3 Å². The minimum atomic E-state index is 0.184. The average Bonchev–Trinajstić information content (AvgIpc) is 3.03. The van der Waals surface area contributed by atoms with Crippen molar-refractivity contribution in [3.8, 4) is 0 Å². The number of piperidine rings is 1. The molecule has 0 bridgehead atoms. The third kappa shape index (κ3) is 4.35. The number of para-hydroxylation sites is 2. The smallest absolute Gasteiger partial charge is 0.220 e. The number of hydrogen-bond acceptors (Lipinski definition) is 3. The van der Waals surface area contributed by atoms with Crippen molar-refractivity contribution in [1.29, 1.82) is 0 Å². The monoisotopic (exact) mass is 328 g/mol. The molecule has 2 heterocycles. The van der Waals surface area contributed by atoms with Crippen LogP contribution >= 0.6 is 0 Å². The Morgan fingerprint density at radius 3 is 3.17 bits per heavy atom. The predicted octanol–water partition coefficient (Wildman–Crippen LogP) is 2.57. The molecule has 1 amide bonds. The van der Waals surface area contributed by atoms with Gasteiger partial charge in [0.05, 0.1) is 17.4 Å². The molecule has 1 aromatic carbocycles. The zero-order chi connectivity index (χ0) is 16.8. The van der Waals surface area contributed by atoms with Crippen LogP contribution in [-0.4, -0.2) is 35.1 Å². The molecule has 1 fully saturated rings. The summed E-state index contributed by atoms with van der Waals surface area (Å²) in [5, 5.41) is 6.50. The van der Waals surface area contributed by atoms with Crippen LogP contribution in [0.4, 0.5) is 0 Å². The van der Waals surface area contributed by atoms with Gasteiger partial charge in [0.25, 0.3) is 0 Å². The van der Waals surface area contributed by atoms with E-state index in [9.17, 15) is 4.79 Å². The van der Waals surface area contributed by atoms with E-state index in [1.165, 1.54) is 12.8 Å². The third-order valence-electron chi connectivity index (χ3n) is 5.07. The van der Waals surface area contributed by atoms with Crippen LogP contribution in [0.2, 0.25) is 0 Å². The minimum Gasteiger partial charge on any atom is -0.356 e. The SMILES string of the molecule is CC(CC(=O)NCCCn1cnc2ccccc21)C1CCCNC1. The van der Waals surface area contributed by atoms with E-state index in [4.69, 9.17) is 0 Å². The number of rotatable bonds is 7. The molecule has 0 aliphatic carbocycles. The van der Waals surface area contributed by atoms with Gasteiger partial charge in [-0.2, -0.15) is 0 Å². The molecule has 2 N–H and O–H groups in total. The molecule has 5 heteroatoms. The number of carbonyl (C=O) groups is 1. The molecular formula is C19H28N4O. The maximum atomic E-state index is 12.1. The number of nitrogens with one attached hydrogen (secondary N) is 2. The average molecular weight is 328 g/mol. The van der Waals surface area contributed by atoms with E-state index >= 15 is 0 Å². The van der Waals surface area contributed by atoms with Crippen molar-refractivity contribution in [2.75, 3.05) is 19.6 Å². The second kappa shape index (κ2) is 8.29. The number of fused-ring (bicyclic) bond motifs is 1. The largest absolute Gasteiger partial charge is 0.356 e. The molecule has 1 aromatic heterocycles. The Morgan fingerprint density at radius 2 is 2.33 bits per heavy atom. The first-order valence-corrected chi connectivity index (χ1v) is 9.11. The number of hydrogen-bond donors (Lipinski definition) is 2. The Labute approximate surface area is 143 Å². The van der Waals surface area contributed by atoms with Gasteiger partial charge in [0, 0.05) is 19.5 Å². The second-order valence-electron chi connectivity index (χ2n) is 6.92. The van der Waals surface area contributed by atoms with Crippen LogP contribution in [0.1, 0.15) is 32.6 Å². The number of nitrogens with zero attached hydrogens (tertiary/aromatic N) is 2. The van der Waals surface area contributed by atoms with Gasteiger partial charge in [-0.3, -0.25) is 4.79 Å². The van der Waals surface area contributed by atoms with E-state index in [1.54, 1.807) is 0 Å². The fraction of sp³-hybridized carbons (Fsp3) is 0.579. The van der Waals surface area contributed by atoms with Gasteiger partial charge in [-0.1, -0.05) is 19.1 Å². The standard InChI is InChI=1S/C19H28N4O/c1-15(16-6-4-9-20-13-16)12-19(24)21-10-5-11-23-14-22-17-7-2-3-8-18(17)23/h2-3,7-8,14-16,20H,4-6,9-13H2,1H3,(H,21,24). The number of benzene rings is 1. The van der Waals surface area contributed by atoms with Crippen LogP contribution in [0, 0.1) is 11.8 Å². The zero-order valence-corrected chi connectivity index (χ0v) is 14.5. The molecule has 2 unspecified atom stereocenters. The lowest BCUT2D eigenvalue weighted by atomic mass is 9.85. The van der Waals surface area contributed by atoms with Gasteiger partial charge in [0.15, 0.2) is 0 Å². The van der Waals surface area contributed by atoms with E-state index in [0.29, 0.717) is 18.3 Å². The first-order valence-electron chi connectivity index (χ1n) is 9.11. The van der Waals surface area contributed by atoms with Crippen molar-refractivity contribution >= 4 is 16.9 Å². The van der Waals surface area contributed by atoms with Gasteiger partial charge < -0.3 is 15.2 Å². The molecule has 130 valence electrons. The lowest BCUT2D eigenvalue weighted by Crippen LogP contribution is -2.35. The topological polar surface area (TPSA) is 59.0 Å². The molecular weight excluding hydrogens is 300 g/mol. The summed E-state index contributed by atoms with van der Waals surface area (Å²) in [7, 11) is 0. The van der Waals surface area contributed by atoms with E-state index < -0.39 is 0 Å². The highest BCUT2D eigenvalue weighted by atomic mass is 16.1. The summed E-state index contributed by atoms with van der Waals surface area (Å²) in [4.78, 5) is 16.5. The van der Waals surface area contributed by atoms with Crippen molar-refractivity contribution < 1.29 is 4.79 Å². The van der Waals surface area contributed by atoms with Crippen LogP contribution in [0.5, 0.6) is 0 Å². The Kier molecular flexibility index (Phi) is 5.86. The molecule has 1 aliphatic rings. The molecule has 5 nitrogen and oxygen atoms in total. The maximum Gasteiger partial charge on any atom is 0.220 e. The van der Waals surface area contributed by atoms with Crippen LogP contribution in [0.25, 0.3) is 11.0 Å². The number of carbonyl (C=O) groups excluding carboxylic acids is 1. The van der Waals surface area contributed by atoms with E-state index in [0.717, 1.165) is 43.6 Å². The first kappa shape index (κ1) is 17.0. The van der Waals surface area contributed by atoms with Crippen molar-refractivity contribution in [3.63, 3.8) is 0 Å². The Morgan fingerprint density at radius 1 is 1.46 bits per heavy atom. The van der Waals surface area contributed by atoms with Gasteiger partial charge in [-0.25, -0.2) is 4.98 Å². The lowest BCUT2D eigenvalue weighted by Gasteiger charge is -2.28. The van der Waals surface area contributed by atoms with Gasteiger partial charge in [0.2, 0.25) is 5.91 Å². The summed E-state index contributed by atoms with van der Waals surface area (Å²) >= 11 is 0. The van der Waals surface area contributed by atoms with E-state index in [-0.39, 0.29) is 5.91 Å². The lowest BCUT2D eigenvalue weighted by molar-refractivity contribution is -0.122. The van der Waals surface area contributed by atoms with Crippen LogP contribution in [0.3, 0.4) is 0 Å². The summed E-state index contributed by atoms with van der Waals surface area (Å²) in [6, 6.07) is 8.14. The molecule has 2 atom stereocenters. The molecule has 0 spiro atoms. The number of amides is 1.